The third-order valence-electron chi connectivity index (χ3n) is 5.77. The quantitative estimate of drug-likeness (QED) is 0.505. The fraction of sp³-hybridized carbons (Fsp3) is 0.440. The molecule has 9 nitrogen and oxygen atoms in total. The molecule has 0 spiro atoms. The van der Waals surface area contributed by atoms with Crippen molar-refractivity contribution in [2.75, 3.05) is 32.1 Å². The van der Waals surface area contributed by atoms with Crippen molar-refractivity contribution in [3.8, 4) is 5.88 Å². The van der Waals surface area contributed by atoms with E-state index in [1.165, 1.54) is 0 Å². The van der Waals surface area contributed by atoms with Crippen LogP contribution in [0, 0.1) is 13.8 Å². The van der Waals surface area contributed by atoms with Gasteiger partial charge in [0.15, 0.2) is 0 Å². The second kappa shape index (κ2) is 11.8. The summed E-state index contributed by atoms with van der Waals surface area (Å²) in [5.41, 5.74) is 10.6. The van der Waals surface area contributed by atoms with Gasteiger partial charge < -0.3 is 20.9 Å². The van der Waals surface area contributed by atoms with Gasteiger partial charge >= 0.3 is 0 Å². The molecule has 0 saturated carbocycles. The highest BCUT2D eigenvalue weighted by Crippen LogP contribution is 2.19. The minimum atomic E-state index is -0.419. The lowest BCUT2D eigenvalue weighted by atomic mass is 10.1. The first-order valence-corrected chi connectivity index (χ1v) is 11.5. The molecule has 34 heavy (non-hydrogen) atoms. The van der Waals surface area contributed by atoms with Crippen LogP contribution in [-0.2, 0) is 11.2 Å². The molecule has 0 aliphatic carbocycles. The first-order valence-electron chi connectivity index (χ1n) is 11.5. The summed E-state index contributed by atoms with van der Waals surface area (Å²) < 4.78 is 5.18. The molecule has 1 aliphatic rings. The zero-order valence-electron chi connectivity index (χ0n) is 20.3. The van der Waals surface area contributed by atoms with Crippen LogP contribution in [0.25, 0.3) is 11.0 Å². The number of hydrogen-bond donors (Lipinski definition) is 3. The summed E-state index contributed by atoms with van der Waals surface area (Å²) in [5.74, 6) is 1.27. The van der Waals surface area contributed by atoms with E-state index in [9.17, 15) is 9.90 Å². The predicted molar refractivity (Wildman–Crippen MR) is 133 cm³/mol. The number of ether oxygens (including phenoxy) is 1. The van der Waals surface area contributed by atoms with Crippen LogP contribution in [0.15, 0.2) is 36.5 Å². The number of rotatable bonds is 6. The van der Waals surface area contributed by atoms with Crippen LogP contribution in [0.2, 0.25) is 0 Å². The number of aliphatic hydroxyl groups excluding tert-OH is 1. The number of aromatic nitrogens is 3. The topological polar surface area (TPSA) is 126 Å². The van der Waals surface area contributed by atoms with E-state index in [0.29, 0.717) is 24.7 Å². The number of carbonyl (C=O) groups is 1. The highest BCUT2D eigenvalue weighted by molar-refractivity contribution is 5.90. The Morgan fingerprint density at radius 2 is 2.00 bits per heavy atom. The molecule has 0 radical (unpaired) electrons. The van der Waals surface area contributed by atoms with E-state index in [2.05, 4.69) is 25.2 Å². The van der Waals surface area contributed by atoms with Crippen LogP contribution in [-0.4, -0.2) is 69.8 Å². The molecular weight excluding hydrogens is 432 g/mol. The van der Waals surface area contributed by atoms with Crippen LogP contribution in [0.4, 0.5) is 5.82 Å². The number of aryl methyl sites for hydroxylation is 2. The number of carbonyl (C=O) groups excluding carboxylic acids is 1. The number of fused-ring (bicyclic) bond motifs is 1. The molecule has 1 aliphatic heterocycles. The summed E-state index contributed by atoms with van der Waals surface area (Å²) >= 11 is 0. The van der Waals surface area contributed by atoms with E-state index in [1.807, 2.05) is 51.1 Å². The Kier molecular flexibility index (Phi) is 8.86. The monoisotopic (exact) mass is 466 g/mol. The van der Waals surface area contributed by atoms with E-state index in [4.69, 9.17) is 10.5 Å². The number of nitrogens with two attached hydrogens (primary N) is 1. The van der Waals surface area contributed by atoms with Crippen LogP contribution in [0.5, 0.6) is 5.88 Å². The fourth-order valence-corrected chi connectivity index (χ4v) is 3.71. The maximum Gasteiger partial charge on any atom is 0.225 e. The van der Waals surface area contributed by atoms with Crippen molar-refractivity contribution in [3.63, 3.8) is 0 Å². The molecule has 3 aromatic rings. The lowest BCUT2D eigenvalue weighted by Crippen LogP contribution is -2.32. The maximum atomic E-state index is 11.1. The third kappa shape index (κ3) is 6.69. The number of amides is 1. The van der Waals surface area contributed by atoms with Crippen LogP contribution >= 0.6 is 0 Å². The van der Waals surface area contributed by atoms with Gasteiger partial charge in [-0.3, -0.25) is 14.7 Å². The Labute approximate surface area is 200 Å². The lowest BCUT2D eigenvalue weighted by molar-refractivity contribution is -0.115. The molecular formula is C25H34N6O3. The summed E-state index contributed by atoms with van der Waals surface area (Å²) in [6.07, 6.45) is 2.71. The molecule has 4 rings (SSSR count). The molecule has 4 heterocycles. The number of aliphatic hydroxyl groups is 1. The number of pyridine rings is 3. The van der Waals surface area contributed by atoms with Gasteiger partial charge in [-0.1, -0.05) is 13.0 Å². The minimum absolute atomic E-state index is 0.00111. The van der Waals surface area contributed by atoms with Crippen LogP contribution in [0.3, 0.4) is 0 Å². The maximum absolute atomic E-state index is 11.1. The number of β-amino-alcohol motifs (C(OH)–C–C–N with tert-alkyl or cyclic N) is 1. The molecule has 9 heteroatoms. The van der Waals surface area contributed by atoms with E-state index in [0.717, 1.165) is 47.4 Å². The van der Waals surface area contributed by atoms with Crippen LogP contribution in [0.1, 0.15) is 30.2 Å². The third-order valence-corrected chi connectivity index (χ3v) is 5.77. The van der Waals surface area contributed by atoms with Gasteiger partial charge in [0.05, 0.1) is 24.2 Å². The van der Waals surface area contributed by atoms with Crippen molar-refractivity contribution in [1.29, 1.82) is 0 Å². The van der Waals surface area contributed by atoms with Gasteiger partial charge in [0.2, 0.25) is 11.8 Å². The van der Waals surface area contributed by atoms with E-state index >= 15 is 0 Å². The van der Waals surface area contributed by atoms with Crippen molar-refractivity contribution < 1.29 is 14.6 Å². The Balaban J connectivity index is 0.000000215. The summed E-state index contributed by atoms with van der Waals surface area (Å²) in [6, 6.07) is 9.46. The molecule has 1 fully saturated rings. The summed E-state index contributed by atoms with van der Waals surface area (Å²) in [5, 5.41) is 12.5. The van der Waals surface area contributed by atoms with Gasteiger partial charge in [-0.05, 0) is 49.6 Å². The molecule has 0 aromatic carbocycles. The predicted octanol–water partition coefficient (Wildman–Crippen LogP) is 2.23. The summed E-state index contributed by atoms with van der Waals surface area (Å²) in [4.78, 5) is 26.3. The number of nitrogens with zero attached hydrogens (tertiary/aromatic N) is 4. The average molecular weight is 467 g/mol. The molecule has 182 valence electrons. The standard InChI is InChI=1S/C15H20N4O2.C10H14N2O/c1-21-14-3-2-12-15(18-14)10(4-6-17-12)5-7-19-8-11(16)13(20)9-19;1-4-9(13)12-10-7(2)5-6-8(3)11-10/h2-4,6,11,13,20H,5,7-9,16H2,1H3;5-6H,4H2,1-3H3,(H,11,12,13). The minimum Gasteiger partial charge on any atom is -0.481 e. The smallest absolute Gasteiger partial charge is 0.225 e. The number of likely N-dealkylation sites (tertiary alicyclic amines) is 1. The Morgan fingerprint density at radius 1 is 1.21 bits per heavy atom. The first kappa shape index (κ1) is 25.5. The Bertz CT molecular complexity index is 1110. The second-order valence-corrected chi connectivity index (χ2v) is 8.45. The van der Waals surface area contributed by atoms with Gasteiger partial charge in [-0.25, -0.2) is 9.97 Å². The zero-order valence-corrected chi connectivity index (χ0v) is 20.3. The average Bonchev–Trinajstić information content (AvgIpc) is 3.16. The fourth-order valence-electron chi connectivity index (χ4n) is 3.71. The Morgan fingerprint density at radius 3 is 2.68 bits per heavy atom. The number of hydrogen-bond acceptors (Lipinski definition) is 8. The second-order valence-electron chi connectivity index (χ2n) is 8.45. The number of anilines is 1. The van der Waals surface area contributed by atoms with Gasteiger partial charge in [0.25, 0.3) is 0 Å². The molecule has 3 aromatic heterocycles. The van der Waals surface area contributed by atoms with Crippen molar-refractivity contribution >= 4 is 22.8 Å². The van der Waals surface area contributed by atoms with E-state index in [-0.39, 0.29) is 11.9 Å². The molecule has 1 saturated heterocycles. The van der Waals surface area contributed by atoms with Crippen molar-refractivity contribution in [1.82, 2.24) is 19.9 Å². The summed E-state index contributed by atoms with van der Waals surface area (Å²) in [6.45, 7) is 7.88. The number of methoxy groups -OCH3 is 1. The summed E-state index contributed by atoms with van der Waals surface area (Å²) in [7, 11) is 1.61. The van der Waals surface area contributed by atoms with Crippen molar-refractivity contribution in [2.24, 2.45) is 5.73 Å². The van der Waals surface area contributed by atoms with E-state index in [1.54, 1.807) is 13.3 Å². The lowest BCUT2D eigenvalue weighted by Gasteiger charge is -2.15. The SMILES string of the molecule is CCC(=O)Nc1nc(C)ccc1C.COc1ccc2nccc(CCN3CC(N)C(O)C3)c2n1. The van der Waals surface area contributed by atoms with Gasteiger partial charge in [0.1, 0.15) is 5.82 Å². The Hall–Kier alpha value is -3.14. The normalized spacial score (nSPS) is 17.8. The van der Waals surface area contributed by atoms with Crippen molar-refractivity contribution in [2.45, 2.75) is 45.8 Å². The van der Waals surface area contributed by atoms with Crippen molar-refractivity contribution in [3.05, 3.63) is 53.3 Å². The van der Waals surface area contributed by atoms with Gasteiger partial charge in [-0.15, -0.1) is 0 Å². The molecule has 4 N–H and O–H groups in total. The highest BCUT2D eigenvalue weighted by Gasteiger charge is 2.27. The van der Waals surface area contributed by atoms with E-state index < -0.39 is 6.10 Å². The van der Waals surface area contributed by atoms with Gasteiger partial charge in [0, 0.05) is 50.1 Å². The molecule has 2 unspecified atom stereocenters. The largest absolute Gasteiger partial charge is 0.481 e. The number of nitrogens with one attached hydrogen (secondary N) is 1. The molecule has 1 amide bonds. The van der Waals surface area contributed by atoms with Gasteiger partial charge in [-0.2, -0.15) is 0 Å². The molecule has 0 bridgehead atoms. The highest BCUT2D eigenvalue weighted by atomic mass is 16.5. The molecule has 2 atom stereocenters. The van der Waals surface area contributed by atoms with Crippen LogP contribution < -0.4 is 15.8 Å². The first-order chi connectivity index (χ1) is 16.3. The zero-order chi connectivity index (χ0) is 24.7.